The number of rotatable bonds is 6. The minimum atomic E-state index is -0.221. The van der Waals surface area contributed by atoms with E-state index < -0.39 is 0 Å². The Morgan fingerprint density at radius 1 is 1.19 bits per heavy atom. The number of carbonyl (C=O) groups excluding carboxylic acids is 1. The van der Waals surface area contributed by atoms with Gasteiger partial charge in [-0.1, -0.05) is 48.2 Å². The first-order valence-electron chi connectivity index (χ1n) is 10.0. The number of allylic oxidation sites excluding steroid dienone is 2. The Bertz CT molecular complexity index is 979. The molecule has 0 aliphatic carbocycles. The average molecular weight is 441 g/mol. The second-order valence-corrected chi connectivity index (χ2v) is 8.22. The van der Waals surface area contributed by atoms with Crippen LogP contribution in [0.3, 0.4) is 0 Å². The molecule has 0 unspecified atom stereocenters. The van der Waals surface area contributed by atoms with Crippen molar-refractivity contribution in [3.63, 3.8) is 0 Å². The molecule has 0 bridgehead atoms. The summed E-state index contributed by atoms with van der Waals surface area (Å²) in [5.74, 6) is -0.229. The number of amides is 1. The highest BCUT2D eigenvalue weighted by molar-refractivity contribution is 8.03. The van der Waals surface area contributed by atoms with Crippen molar-refractivity contribution in [2.75, 3.05) is 20.3 Å². The number of methoxy groups -OCH3 is 1. The lowest BCUT2D eigenvalue weighted by atomic mass is 9.97. The summed E-state index contributed by atoms with van der Waals surface area (Å²) in [5.41, 5.74) is 4.16. The second kappa shape index (κ2) is 12.2. The molecule has 1 heterocycles. The van der Waals surface area contributed by atoms with Crippen molar-refractivity contribution in [2.45, 2.75) is 32.1 Å². The third-order valence-electron chi connectivity index (χ3n) is 4.61. The Morgan fingerprint density at radius 3 is 2.61 bits per heavy atom. The van der Waals surface area contributed by atoms with E-state index in [0.717, 1.165) is 32.3 Å². The number of nitrogens with zero attached hydrogens (tertiary/aromatic N) is 1. The minimum absolute atomic E-state index is 0.00736. The van der Waals surface area contributed by atoms with Gasteiger partial charge < -0.3 is 10.1 Å². The second-order valence-electron chi connectivity index (χ2n) is 6.97. The van der Waals surface area contributed by atoms with E-state index in [0.29, 0.717) is 25.1 Å². The molecule has 1 aliphatic heterocycles. The van der Waals surface area contributed by atoms with Gasteiger partial charge in [-0.05, 0) is 38.5 Å². The normalized spacial score (nSPS) is 12.7. The van der Waals surface area contributed by atoms with E-state index in [1.165, 1.54) is 6.07 Å². The lowest BCUT2D eigenvalue weighted by Gasteiger charge is -2.12. The molecule has 1 N–H and O–H groups in total. The largest absolute Gasteiger partial charge is 0.383 e. The summed E-state index contributed by atoms with van der Waals surface area (Å²) in [7, 11) is 1.60. The Kier molecular flexibility index (Phi) is 9.69. The number of benzene rings is 2. The number of aliphatic imine (C=N–C) groups is 1. The molecule has 2 aromatic rings. The van der Waals surface area contributed by atoms with E-state index in [2.05, 4.69) is 24.9 Å². The molecule has 6 heteroatoms. The lowest BCUT2D eigenvalue weighted by Crippen LogP contribution is -2.25. The van der Waals surface area contributed by atoms with Crippen molar-refractivity contribution in [1.29, 1.82) is 0 Å². The summed E-state index contributed by atoms with van der Waals surface area (Å²) in [6.45, 7) is 10.5. The van der Waals surface area contributed by atoms with Gasteiger partial charge in [-0.25, -0.2) is 4.39 Å². The highest BCUT2D eigenvalue weighted by Gasteiger charge is 2.20. The first-order valence-corrected chi connectivity index (χ1v) is 10.9. The van der Waals surface area contributed by atoms with Crippen LogP contribution in [0.1, 0.15) is 37.0 Å². The Morgan fingerprint density at radius 2 is 1.94 bits per heavy atom. The number of hydrogen-bond acceptors (Lipinski definition) is 4. The molecule has 0 saturated heterocycles. The molecule has 0 radical (unpaired) electrons. The summed E-state index contributed by atoms with van der Waals surface area (Å²) in [6, 6.07) is 13.2. The van der Waals surface area contributed by atoms with Gasteiger partial charge in [0.25, 0.3) is 0 Å². The van der Waals surface area contributed by atoms with Gasteiger partial charge >= 0.3 is 0 Å². The van der Waals surface area contributed by atoms with Crippen molar-refractivity contribution in [3.05, 3.63) is 88.2 Å². The molecular weight excluding hydrogens is 411 g/mol. The number of ether oxygens (including phenoxy) is 1. The van der Waals surface area contributed by atoms with Gasteiger partial charge in [-0.15, -0.1) is 6.58 Å². The maximum absolute atomic E-state index is 14.4. The number of carbonyl (C=O) groups is 1. The van der Waals surface area contributed by atoms with Gasteiger partial charge in [-0.3, -0.25) is 9.79 Å². The lowest BCUT2D eigenvalue weighted by molar-refractivity contribution is -0.120. The molecule has 2 aromatic carbocycles. The standard InChI is InChI=1S/C18H16FNS.C7H13NO2/c1-11-7-6-9-15(19)17(11)18-14-8-4-5-10-16(14)21-13(3)12(2)20-18;1-3-4-7(9)8-5-6-10-2/h4-10H,1-3H3;3H,1,4-6H2,2H3,(H,8,9). The maximum atomic E-state index is 14.4. The van der Waals surface area contributed by atoms with Gasteiger partial charge in [0.05, 0.1) is 12.3 Å². The predicted molar refractivity (Wildman–Crippen MR) is 127 cm³/mol. The van der Waals surface area contributed by atoms with Gasteiger partial charge in [0.1, 0.15) is 5.82 Å². The number of fused-ring (bicyclic) bond motifs is 1. The van der Waals surface area contributed by atoms with E-state index in [9.17, 15) is 9.18 Å². The molecule has 1 aliphatic rings. The molecule has 4 nitrogen and oxygen atoms in total. The van der Waals surface area contributed by atoms with Crippen LogP contribution in [0.5, 0.6) is 0 Å². The van der Waals surface area contributed by atoms with Crippen molar-refractivity contribution in [3.8, 4) is 0 Å². The fourth-order valence-electron chi connectivity index (χ4n) is 2.91. The monoisotopic (exact) mass is 440 g/mol. The first kappa shape index (κ1) is 24.6. The summed E-state index contributed by atoms with van der Waals surface area (Å²) in [6.07, 6.45) is 1.95. The third kappa shape index (κ3) is 6.91. The number of hydrogen-bond donors (Lipinski definition) is 1. The summed E-state index contributed by atoms with van der Waals surface area (Å²) >= 11 is 1.69. The van der Waals surface area contributed by atoms with Crippen LogP contribution in [0.25, 0.3) is 0 Å². The Labute approximate surface area is 188 Å². The van der Waals surface area contributed by atoms with Crippen LogP contribution in [0, 0.1) is 12.7 Å². The molecule has 0 atom stereocenters. The van der Waals surface area contributed by atoms with Crippen LogP contribution in [0.15, 0.2) is 75.6 Å². The fourth-order valence-corrected chi connectivity index (χ4v) is 3.86. The van der Waals surface area contributed by atoms with Crippen LogP contribution < -0.4 is 5.32 Å². The van der Waals surface area contributed by atoms with Gasteiger partial charge in [-0.2, -0.15) is 0 Å². The van der Waals surface area contributed by atoms with Crippen molar-refractivity contribution >= 4 is 23.4 Å². The average Bonchev–Trinajstić information content (AvgIpc) is 2.85. The van der Waals surface area contributed by atoms with Crippen LogP contribution in [-0.2, 0) is 9.53 Å². The summed E-state index contributed by atoms with van der Waals surface area (Å²) in [4.78, 5) is 17.7. The van der Waals surface area contributed by atoms with Gasteiger partial charge in [0.2, 0.25) is 5.91 Å². The van der Waals surface area contributed by atoms with E-state index in [-0.39, 0.29) is 11.7 Å². The zero-order chi connectivity index (χ0) is 22.8. The highest BCUT2D eigenvalue weighted by Crippen LogP contribution is 2.36. The zero-order valence-electron chi connectivity index (χ0n) is 18.5. The SMILES string of the molecule is C=CCC(=O)NCCOC.CC1=C(C)Sc2ccccc2C(c2c(C)cccc2F)=N1. The molecule has 3 rings (SSSR count). The minimum Gasteiger partial charge on any atom is -0.383 e. The smallest absolute Gasteiger partial charge is 0.223 e. The fraction of sp³-hybridized carbons (Fsp3) is 0.280. The van der Waals surface area contributed by atoms with E-state index in [1.54, 1.807) is 31.0 Å². The van der Waals surface area contributed by atoms with Gasteiger partial charge in [0.15, 0.2) is 0 Å². The van der Waals surface area contributed by atoms with Crippen LogP contribution in [0.4, 0.5) is 4.39 Å². The number of nitrogens with one attached hydrogen (secondary N) is 1. The molecule has 31 heavy (non-hydrogen) atoms. The molecule has 0 aromatic heterocycles. The van der Waals surface area contributed by atoms with Crippen molar-refractivity contribution in [2.24, 2.45) is 4.99 Å². The molecular formula is C25H29FN2O2S. The molecule has 164 valence electrons. The third-order valence-corrected chi connectivity index (χ3v) is 5.79. The number of aryl methyl sites for hydroxylation is 1. The van der Waals surface area contributed by atoms with E-state index in [1.807, 2.05) is 38.1 Å². The Hall–Kier alpha value is -2.70. The first-order chi connectivity index (χ1) is 14.9. The summed E-state index contributed by atoms with van der Waals surface area (Å²) < 4.78 is 19.1. The molecule has 1 amide bonds. The highest BCUT2D eigenvalue weighted by atomic mass is 32.2. The molecule has 0 fully saturated rings. The predicted octanol–water partition coefficient (Wildman–Crippen LogP) is 5.65. The van der Waals surface area contributed by atoms with Gasteiger partial charge in [0, 0.05) is 46.7 Å². The van der Waals surface area contributed by atoms with Crippen LogP contribution >= 0.6 is 11.8 Å². The quantitative estimate of drug-likeness (QED) is 0.466. The Balaban J connectivity index is 0.000000291. The maximum Gasteiger partial charge on any atom is 0.223 e. The topological polar surface area (TPSA) is 50.7 Å². The zero-order valence-corrected chi connectivity index (χ0v) is 19.3. The van der Waals surface area contributed by atoms with E-state index >= 15 is 0 Å². The van der Waals surface area contributed by atoms with Crippen LogP contribution in [0.2, 0.25) is 0 Å². The van der Waals surface area contributed by atoms with E-state index in [4.69, 9.17) is 9.73 Å². The molecule has 0 saturated carbocycles. The number of halogens is 1. The summed E-state index contributed by atoms with van der Waals surface area (Å²) in [5, 5.41) is 2.65. The van der Waals surface area contributed by atoms with Crippen molar-refractivity contribution in [1.82, 2.24) is 5.32 Å². The van der Waals surface area contributed by atoms with Crippen molar-refractivity contribution < 1.29 is 13.9 Å². The van der Waals surface area contributed by atoms with Crippen LogP contribution in [-0.4, -0.2) is 31.9 Å². The molecule has 0 spiro atoms. The number of thioether (sulfide) groups is 1.